The van der Waals surface area contributed by atoms with Crippen LogP contribution >= 0.6 is 11.8 Å². The van der Waals surface area contributed by atoms with Gasteiger partial charge in [-0.3, -0.25) is 4.79 Å². The highest BCUT2D eigenvalue weighted by molar-refractivity contribution is 8.00. The van der Waals surface area contributed by atoms with E-state index in [9.17, 15) is 23.2 Å². The van der Waals surface area contributed by atoms with Gasteiger partial charge in [-0.25, -0.2) is 4.98 Å². The van der Waals surface area contributed by atoms with E-state index in [2.05, 4.69) is 10.3 Å². The number of amides is 1. The number of anilines is 1. The molecule has 8 heteroatoms. The second-order valence-electron chi connectivity index (χ2n) is 6.92. The van der Waals surface area contributed by atoms with E-state index in [4.69, 9.17) is 0 Å². The Labute approximate surface area is 182 Å². The fraction of sp³-hybridized carbons (Fsp3) is 0.174. The van der Waals surface area contributed by atoms with Crippen LogP contribution in [-0.4, -0.2) is 16.6 Å². The summed E-state index contributed by atoms with van der Waals surface area (Å²) >= 11 is 0.800. The van der Waals surface area contributed by atoms with Crippen molar-refractivity contribution in [1.29, 1.82) is 5.26 Å². The molecule has 4 nitrogen and oxygen atoms in total. The molecule has 3 aromatic rings. The van der Waals surface area contributed by atoms with E-state index in [1.807, 2.05) is 19.9 Å². The number of halogens is 3. The first-order valence-electron chi connectivity index (χ1n) is 9.26. The van der Waals surface area contributed by atoms with Gasteiger partial charge in [-0.05, 0) is 37.6 Å². The minimum Gasteiger partial charge on any atom is -0.325 e. The summed E-state index contributed by atoms with van der Waals surface area (Å²) in [6, 6.07) is 16.5. The molecule has 0 atom stereocenters. The van der Waals surface area contributed by atoms with Gasteiger partial charge in [0.05, 0.1) is 22.6 Å². The first kappa shape index (κ1) is 22.4. The maximum absolute atomic E-state index is 13.6. The summed E-state index contributed by atoms with van der Waals surface area (Å²) in [7, 11) is 0. The van der Waals surface area contributed by atoms with Crippen molar-refractivity contribution in [3.8, 4) is 17.3 Å². The van der Waals surface area contributed by atoms with Crippen LogP contribution in [0, 0.1) is 25.2 Å². The molecule has 158 valence electrons. The van der Waals surface area contributed by atoms with Gasteiger partial charge < -0.3 is 5.32 Å². The van der Waals surface area contributed by atoms with Crippen molar-refractivity contribution in [3.63, 3.8) is 0 Å². The smallest absolute Gasteiger partial charge is 0.325 e. The lowest BCUT2D eigenvalue weighted by molar-refractivity contribution is -0.138. The highest BCUT2D eigenvalue weighted by atomic mass is 32.2. The summed E-state index contributed by atoms with van der Waals surface area (Å²) in [6.45, 7) is 3.74. The van der Waals surface area contributed by atoms with E-state index in [1.165, 1.54) is 0 Å². The van der Waals surface area contributed by atoms with Crippen LogP contribution in [0.25, 0.3) is 11.3 Å². The number of thioether (sulfide) groups is 1. The Morgan fingerprint density at radius 2 is 1.81 bits per heavy atom. The van der Waals surface area contributed by atoms with Crippen molar-refractivity contribution in [3.05, 3.63) is 76.9 Å². The predicted molar refractivity (Wildman–Crippen MR) is 115 cm³/mol. The zero-order chi connectivity index (χ0) is 22.6. The van der Waals surface area contributed by atoms with Gasteiger partial charge in [0.25, 0.3) is 0 Å². The molecular weight excluding hydrogens is 423 g/mol. The first-order chi connectivity index (χ1) is 14.7. The minimum atomic E-state index is -4.73. The molecule has 0 bridgehead atoms. The predicted octanol–water partition coefficient (Wildman–Crippen LogP) is 5.99. The van der Waals surface area contributed by atoms with Crippen molar-refractivity contribution in [2.24, 2.45) is 0 Å². The molecule has 0 aliphatic rings. The highest BCUT2D eigenvalue weighted by Crippen LogP contribution is 2.38. The monoisotopic (exact) mass is 441 g/mol. The van der Waals surface area contributed by atoms with Gasteiger partial charge in [0.2, 0.25) is 5.91 Å². The van der Waals surface area contributed by atoms with Crippen molar-refractivity contribution in [2.45, 2.75) is 25.0 Å². The normalized spacial score (nSPS) is 11.1. The van der Waals surface area contributed by atoms with Gasteiger partial charge in [0, 0.05) is 11.3 Å². The molecule has 0 saturated heterocycles. The van der Waals surface area contributed by atoms with Gasteiger partial charge in [-0.2, -0.15) is 18.4 Å². The van der Waals surface area contributed by atoms with E-state index in [1.54, 1.807) is 48.5 Å². The second-order valence-corrected chi connectivity index (χ2v) is 7.88. The quantitative estimate of drug-likeness (QED) is 0.494. The number of hydrogen-bond donors (Lipinski definition) is 1. The number of aromatic nitrogens is 1. The number of benzene rings is 2. The molecule has 1 N–H and O–H groups in total. The van der Waals surface area contributed by atoms with Gasteiger partial charge in [-0.1, -0.05) is 53.7 Å². The van der Waals surface area contributed by atoms with Gasteiger partial charge in [0.15, 0.2) is 0 Å². The topological polar surface area (TPSA) is 65.8 Å². The number of alkyl halides is 3. The third-order valence-corrected chi connectivity index (χ3v) is 5.37. The van der Waals surface area contributed by atoms with Crippen LogP contribution in [0.1, 0.15) is 22.3 Å². The molecule has 0 aliphatic heterocycles. The molecular formula is C23H18F3N3OS. The molecule has 31 heavy (non-hydrogen) atoms. The molecule has 0 fully saturated rings. The van der Waals surface area contributed by atoms with Gasteiger partial charge in [-0.15, -0.1) is 0 Å². The van der Waals surface area contributed by atoms with E-state index in [0.717, 1.165) is 29.0 Å². The minimum absolute atomic E-state index is 0.0907. The third kappa shape index (κ3) is 5.64. The second kappa shape index (κ2) is 9.23. The third-order valence-electron chi connectivity index (χ3n) is 4.39. The van der Waals surface area contributed by atoms with Crippen LogP contribution in [0.4, 0.5) is 18.9 Å². The number of nitrogens with one attached hydrogen (secondary N) is 1. The van der Waals surface area contributed by atoms with Crippen LogP contribution in [0.2, 0.25) is 0 Å². The highest BCUT2D eigenvalue weighted by Gasteiger charge is 2.36. The van der Waals surface area contributed by atoms with E-state index in [-0.39, 0.29) is 16.5 Å². The largest absolute Gasteiger partial charge is 0.417 e. The first-order valence-corrected chi connectivity index (χ1v) is 10.2. The van der Waals surface area contributed by atoms with Crippen LogP contribution in [0.15, 0.2) is 59.6 Å². The molecule has 2 aromatic carbocycles. The van der Waals surface area contributed by atoms with Crippen molar-refractivity contribution >= 4 is 23.4 Å². The van der Waals surface area contributed by atoms with Gasteiger partial charge >= 0.3 is 6.18 Å². The zero-order valence-electron chi connectivity index (χ0n) is 16.7. The standard InChI is InChI=1S/C23H18F3N3OS/c1-14-6-8-16(9-7-14)20-11-19(23(24,25)26)18(12-27)22(29-20)31-13-21(30)28-17-5-3-4-15(2)10-17/h3-11H,13H2,1-2H3,(H,28,30). The molecule has 0 saturated carbocycles. The Morgan fingerprint density at radius 3 is 2.42 bits per heavy atom. The Hall–Kier alpha value is -3.31. The lowest BCUT2D eigenvalue weighted by Gasteiger charge is -2.14. The van der Waals surface area contributed by atoms with Crippen LogP contribution in [-0.2, 0) is 11.0 Å². The van der Waals surface area contributed by atoms with Crippen molar-refractivity contribution in [1.82, 2.24) is 4.98 Å². The number of pyridine rings is 1. The molecule has 0 aliphatic carbocycles. The summed E-state index contributed by atoms with van der Waals surface area (Å²) in [5.41, 5.74) is 1.43. The number of hydrogen-bond acceptors (Lipinski definition) is 4. The fourth-order valence-electron chi connectivity index (χ4n) is 2.88. The number of carbonyl (C=O) groups excluding carboxylic acids is 1. The molecule has 3 rings (SSSR count). The van der Waals surface area contributed by atoms with Crippen molar-refractivity contribution in [2.75, 3.05) is 11.1 Å². The molecule has 0 unspecified atom stereocenters. The number of aryl methyl sites for hydroxylation is 2. The number of nitrogens with zero attached hydrogens (tertiary/aromatic N) is 2. The summed E-state index contributed by atoms with van der Waals surface area (Å²) in [5.74, 6) is -0.597. The van der Waals surface area contributed by atoms with Gasteiger partial charge in [0.1, 0.15) is 11.1 Å². The van der Waals surface area contributed by atoms with E-state index < -0.39 is 23.2 Å². The lowest BCUT2D eigenvalue weighted by atomic mass is 10.0. The number of carbonyl (C=O) groups is 1. The Morgan fingerprint density at radius 1 is 1.10 bits per heavy atom. The molecule has 0 radical (unpaired) electrons. The van der Waals surface area contributed by atoms with Crippen LogP contribution in [0.3, 0.4) is 0 Å². The maximum Gasteiger partial charge on any atom is 0.417 e. The lowest BCUT2D eigenvalue weighted by Crippen LogP contribution is -2.15. The van der Waals surface area contributed by atoms with Crippen molar-refractivity contribution < 1.29 is 18.0 Å². The SMILES string of the molecule is Cc1ccc(-c2cc(C(F)(F)F)c(C#N)c(SCC(=O)Nc3cccc(C)c3)n2)cc1. The molecule has 1 aromatic heterocycles. The molecule has 1 amide bonds. The van der Waals surface area contributed by atoms with Crippen LogP contribution < -0.4 is 5.32 Å². The summed E-state index contributed by atoms with van der Waals surface area (Å²) in [6.07, 6.45) is -4.73. The maximum atomic E-state index is 13.6. The fourth-order valence-corrected chi connectivity index (χ4v) is 3.69. The Bertz CT molecular complexity index is 1150. The summed E-state index contributed by atoms with van der Waals surface area (Å²) < 4.78 is 40.9. The average molecular weight is 441 g/mol. The summed E-state index contributed by atoms with van der Waals surface area (Å²) in [4.78, 5) is 16.6. The van der Waals surface area contributed by atoms with E-state index in [0.29, 0.717) is 11.3 Å². The molecule has 0 spiro atoms. The Kier molecular flexibility index (Phi) is 6.66. The zero-order valence-corrected chi connectivity index (χ0v) is 17.6. The molecule has 1 heterocycles. The van der Waals surface area contributed by atoms with E-state index >= 15 is 0 Å². The Balaban J connectivity index is 1.92. The average Bonchev–Trinajstić information content (AvgIpc) is 2.71. The number of rotatable bonds is 5. The number of nitriles is 1. The summed E-state index contributed by atoms with van der Waals surface area (Å²) in [5, 5.41) is 12.0. The van der Waals surface area contributed by atoms with Crippen LogP contribution in [0.5, 0.6) is 0 Å².